The Morgan fingerprint density at radius 1 is 1.11 bits per heavy atom. The highest BCUT2D eigenvalue weighted by Gasteiger charge is 2.17. The number of hydrogen-bond acceptors (Lipinski definition) is 4. The predicted molar refractivity (Wildman–Crippen MR) is 106 cm³/mol. The van der Waals surface area contributed by atoms with Crippen LogP contribution in [-0.4, -0.2) is 14.3 Å². The maximum atomic E-state index is 12.5. The van der Waals surface area contributed by atoms with Gasteiger partial charge in [-0.15, -0.1) is 0 Å². The molecule has 0 bridgehead atoms. The Bertz CT molecular complexity index is 1060. The number of rotatable bonds is 6. The average Bonchev–Trinajstić information content (AvgIpc) is 3.17. The predicted octanol–water partition coefficient (Wildman–Crippen LogP) is 4.08. The maximum Gasteiger partial charge on any atom is 0.255 e. The minimum Gasteiger partial charge on any atom is -0.468 e. The lowest BCUT2D eigenvalue weighted by molar-refractivity contribution is 0.102. The van der Waals surface area contributed by atoms with Crippen LogP contribution >= 0.6 is 15.9 Å². The van der Waals surface area contributed by atoms with Crippen molar-refractivity contribution in [3.8, 4) is 0 Å². The first-order valence-corrected chi connectivity index (χ1v) is 10.3. The van der Waals surface area contributed by atoms with Crippen LogP contribution in [0.1, 0.15) is 21.7 Å². The normalized spacial score (nSPS) is 11.3. The van der Waals surface area contributed by atoms with Crippen LogP contribution in [0.4, 0.5) is 5.69 Å². The van der Waals surface area contributed by atoms with Gasteiger partial charge in [0.15, 0.2) is 0 Å². The number of anilines is 1. The van der Waals surface area contributed by atoms with Crippen molar-refractivity contribution in [3.63, 3.8) is 0 Å². The van der Waals surface area contributed by atoms with Crippen LogP contribution < -0.4 is 10.0 Å². The lowest BCUT2D eigenvalue weighted by Gasteiger charge is -2.09. The molecule has 140 valence electrons. The van der Waals surface area contributed by atoms with Gasteiger partial charge in [-0.2, -0.15) is 0 Å². The quantitative estimate of drug-likeness (QED) is 0.594. The van der Waals surface area contributed by atoms with E-state index in [-0.39, 0.29) is 22.9 Å². The van der Waals surface area contributed by atoms with Crippen molar-refractivity contribution in [2.45, 2.75) is 18.4 Å². The molecule has 0 fully saturated rings. The summed E-state index contributed by atoms with van der Waals surface area (Å²) in [4.78, 5) is 12.5. The number of amides is 1. The molecule has 2 aromatic carbocycles. The van der Waals surface area contributed by atoms with E-state index in [4.69, 9.17) is 4.42 Å². The largest absolute Gasteiger partial charge is 0.468 e. The van der Waals surface area contributed by atoms with Crippen LogP contribution in [0.2, 0.25) is 0 Å². The minimum atomic E-state index is -3.77. The van der Waals surface area contributed by atoms with Crippen LogP contribution in [0.25, 0.3) is 0 Å². The number of carbonyl (C=O) groups excluding carboxylic acids is 1. The second-order valence-corrected chi connectivity index (χ2v) is 8.47. The molecule has 2 N–H and O–H groups in total. The summed E-state index contributed by atoms with van der Waals surface area (Å²) in [6.45, 7) is 1.95. The number of aryl methyl sites for hydroxylation is 1. The molecule has 3 rings (SSSR count). The Labute approximate surface area is 165 Å². The molecule has 8 heteroatoms. The second kappa shape index (κ2) is 8.08. The van der Waals surface area contributed by atoms with Gasteiger partial charge < -0.3 is 9.73 Å². The van der Waals surface area contributed by atoms with E-state index >= 15 is 0 Å². The van der Waals surface area contributed by atoms with E-state index < -0.39 is 10.0 Å². The van der Waals surface area contributed by atoms with Crippen molar-refractivity contribution in [2.75, 3.05) is 5.32 Å². The SMILES string of the molecule is Cc1cc(NC(=O)c2cccc(S(=O)(=O)NCc3ccco3)c2)ccc1Br. The molecule has 6 nitrogen and oxygen atoms in total. The van der Waals surface area contributed by atoms with Crippen molar-refractivity contribution in [1.29, 1.82) is 0 Å². The first kappa shape index (κ1) is 19.3. The highest BCUT2D eigenvalue weighted by atomic mass is 79.9. The van der Waals surface area contributed by atoms with Gasteiger partial charge in [0, 0.05) is 15.7 Å². The van der Waals surface area contributed by atoms with Crippen molar-refractivity contribution < 1.29 is 17.6 Å². The van der Waals surface area contributed by atoms with E-state index in [0.29, 0.717) is 11.4 Å². The summed E-state index contributed by atoms with van der Waals surface area (Å²) >= 11 is 3.41. The monoisotopic (exact) mass is 448 g/mol. The van der Waals surface area contributed by atoms with Gasteiger partial charge in [-0.05, 0) is 61.0 Å². The zero-order valence-corrected chi connectivity index (χ0v) is 16.8. The Morgan fingerprint density at radius 2 is 1.93 bits per heavy atom. The van der Waals surface area contributed by atoms with Gasteiger partial charge in [-0.3, -0.25) is 4.79 Å². The van der Waals surface area contributed by atoms with Crippen LogP contribution in [-0.2, 0) is 16.6 Å². The molecule has 3 aromatic rings. The molecule has 0 radical (unpaired) electrons. The maximum absolute atomic E-state index is 12.5. The van der Waals surface area contributed by atoms with E-state index in [2.05, 4.69) is 26.0 Å². The fourth-order valence-electron chi connectivity index (χ4n) is 2.39. The lowest BCUT2D eigenvalue weighted by atomic mass is 10.2. The summed E-state index contributed by atoms with van der Waals surface area (Å²) in [7, 11) is -3.77. The second-order valence-electron chi connectivity index (χ2n) is 5.85. The number of furan rings is 1. The van der Waals surface area contributed by atoms with Gasteiger partial charge >= 0.3 is 0 Å². The van der Waals surface area contributed by atoms with Crippen molar-refractivity contribution in [3.05, 3.63) is 82.2 Å². The Morgan fingerprint density at radius 3 is 2.63 bits per heavy atom. The fourth-order valence-corrected chi connectivity index (χ4v) is 3.68. The third-order valence-electron chi connectivity index (χ3n) is 3.84. The topological polar surface area (TPSA) is 88.4 Å². The van der Waals surface area contributed by atoms with Crippen LogP contribution in [0.5, 0.6) is 0 Å². The summed E-state index contributed by atoms with van der Waals surface area (Å²) in [6, 6.07) is 14.6. The minimum absolute atomic E-state index is 0.00805. The lowest BCUT2D eigenvalue weighted by Crippen LogP contribution is -2.23. The van der Waals surface area contributed by atoms with E-state index in [1.807, 2.05) is 19.1 Å². The van der Waals surface area contributed by atoms with E-state index in [1.165, 1.54) is 24.5 Å². The molecule has 1 heterocycles. The molecule has 0 aliphatic carbocycles. The first-order valence-electron chi connectivity index (χ1n) is 8.05. The molecular weight excluding hydrogens is 432 g/mol. The molecule has 27 heavy (non-hydrogen) atoms. The summed E-state index contributed by atoms with van der Waals surface area (Å²) in [5, 5.41) is 2.77. The van der Waals surface area contributed by atoms with Gasteiger partial charge in [0.1, 0.15) is 5.76 Å². The number of hydrogen-bond donors (Lipinski definition) is 2. The van der Waals surface area contributed by atoms with E-state index in [0.717, 1.165) is 10.0 Å². The molecule has 0 aliphatic heterocycles. The van der Waals surface area contributed by atoms with Crippen LogP contribution in [0.3, 0.4) is 0 Å². The van der Waals surface area contributed by atoms with Crippen LogP contribution in [0, 0.1) is 6.92 Å². The number of nitrogens with one attached hydrogen (secondary N) is 2. The Kier molecular flexibility index (Phi) is 5.79. The smallest absolute Gasteiger partial charge is 0.255 e. The zero-order valence-electron chi connectivity index (χ0n) is 14.4. The van der Waals surface area contributed by atoms with Gasteiger partial charge in [0.2, 0.25) is 10.0 Å². The molecule has 0 aliphatic rings. The molecule has 0 saturated carbocycles. The molecule has 0 atom stereocenters. The van der Waals surface area contributed by atoms with Crippen LogP contribution in [0.15, 0.2) is 74.6 Å². The van der Waals surface area contributed by atoms with E-state index in [1.54, 1.807) is 24.3 Å². The summed E-state index contributed by atoms with van der Waals surface area (Å²) < 4.78 is 33.4. The standard InChI is InChI=1S/C19H17BrN2O4S/c1-13-10-15(7-8-18(13)20)22-19(23)14-4-2-6-17(11-14)27(24,25)21-12-16-5-3-9-26-16/h2-11,21H,12H2,1H3,(H,22,23). The molecule has 0 spiro atoms. The van der Waals surface area contributed by atoms with Crippen molar-refractivity contribution >= 4 is 37.5 Å². The number of carbonyl (C=O) groups is 1. The van der Waals surface area contributed by atoms with Gasteiger partial charge in [-0.25, -0.2) is 13.1 Å². The Hall–Kier alpha value is -2.42. The first-order chi connectivity index (χ1) is 12.8. The van der Waals surface area contributed by atoms with Crippen molar-refractivity contribution in [2.24, 2.45) is 0 Å². The molecule has 0 unspecified atom stereocenters. The number of benzene rings is 2. The highest BCUT2D eigenvalue weighted by Crippen LogP contribution is 2.21. The summed E-state index contributed by atoms with van der Waals surface area (Å²) in [5.74, 6) is 0.109. The summed E-state index contributed by atoms with van der Waals surface area (Å²) in [6.07, 6.45) is 1.47. The fraction of sp³-hybridized carbons (Fsp3) is 0.105. The Balaban J connectivity index is 1.75. The third-order valence-corrected chi connectivity index (χ3v) is 6.13. The third kappa shape index (κ3) is 4.85. The molecule has 1 aromatic heterocycles. The van der Waals surface area contributed by atoms with E-state index in [9.17, 15) is 13.2 Å². The summed E-state index contributed by atoms with van der Waals surface area (Å²) in [5.41, 5.74) is 1.85. The molecule has 1 amide bonds. The van der Waals surface area contributed by atoms with Gasteiger partial charge in [-0.1, -0.05) is 22.0 Å². The van der Waals surface area contributed by atoms with Crippen molar-refractivity contribution in [1.82, 2.24) is 4.72 Å². The number of sulfonamides is 1. The van der Waals surface area contributed by atoms with Gasteiger partial charge in [0.05, 0.1) is 17.7 Å². The average molecular weight is 449 g/mol. The van der Waals surface area contributed by atoms with Gasteiger partial charge in [0.25, 0.3) is 5.91 Å². The number of halogens is 1. The molecular formula is C19H17BrN2O4S. The molecule has 0 saturated heterocycles. The highest BCUT2D eigenvalue weighted by molar-refractivity contribution is 9.10. The zero-order chi connectivity index (χ0) is 19.4.